The van der Waals surface area contributed by atoms with Crippen LogP contribution < -0.4 is 16.2 Å². The van der Waals surface area contributed by atoms with Gasteiger partial charge in [0, 0.05) is 50.1 Å². The van der Waals surface area contributed by atoms with E-state index in [0.717, 1.165) is 10.9 Å². The highest BCUT2D eigenvalue weighted by molar-refractivity contribution is 5.98. The molecule has 2 aromatic rings. The molecule has 1 aliphatic rings. The first-order valence-corrected chi connectivity index (χ1v) is 10.2. The Bertz CT molecular complexity index is 1120. The smallest absolute Gasteiger partial charge is 0.276 e. The molecule has 178 valence electrons. The molecule has 1 unspecified atom stereocenters. The maximum Gasteiger partial charge on any atom is 0.276 e. The summed E-state index contributed by atoms with van der Waals surface area (Å²) in [7, 11) is 1.49. The van der Waals surface area contributed by atoms with Gasteiger partial charge in [-0.2, -0.15) is 0 Å². The van der Waals surface area contributed by atoms with E-state index in [0.29, 0.717) is 12.1 Å². The highest BCUT2D eigenvalue weighted by atomic mass is 19.1. The third-order valence-corrected chi connectivity index (χ3v) is 4.89. The minimum atomic E-state index is -1.21. The van der Waals surface area contributed by atoms with Crippen molar-refractivity contribution < 1.29 is 27.9 Å². The molecule has 1 aromatic carbocycles. The molecular formula is C22H25F3N4O4. The minimum absolute atomic E-state index is 0.216. The Kier molecular flexibility index (Phi) is 8.27. The van der Waals surface area contributed by atoms with Crippen LogP contribution in [0.15, 0.2) is 35.3 Å². The molecule has 0 spiro atoms. The summed E-state index contributed by atoms with van der Waals surface area (Å²) in [6, 6.07) is 0.596. The summed E-state index contributed by atoms with van der Waals surface area (Å²) in [5, 5.41) is 12.5. The lowest BCUT2D eigenvalue weighted by Gasteiger charge is -2.23. The molecular weight excluding hydrogens is 441 g/mol. The van der Waals surface area contributed by atoms with E-state index >= 15 is 0 Å². The molecule has 0 aliphatic carbocycles. The topological polar surface area (TPSA) is 104 Å². The fraction of sp³-hybridized carbons (Fsp3) is 0.318. The summed E-state index contributed by atoms with van der Waals surface area (Å²) in [6.45, 7) is 5.29. The second kappa shape index (κ2) is 10.7. The van der Waals surface area contributed by atoms with Gasteiger partial charge >= 0.3 is 0 Å². The van der Waals surface area contributed by atoms with Crippen LogP contribution in [0.4, 0.5) is 13.2 Å². The van der Waals surface area contributed by atoms with Crippen molar-refractivity contribution in [2.24, 2.45) is 0 Å². The predicted octanol–water partition coefficient (Wildman–Crippen LogP) is 2.50. The number of nitrogens with one attached hydrogen (secondary N) is 2. The second-order valence-corrected chi connectivity index (χ2v) is 6.92. The number of carbonyl (C=O) groups is 2. The largest absolute Gasteiger partial charge is 0.502 e. The van der Waals surface area contributed by atoms with Crippen molar-refractivity contribution in [2.45, 2.75) is 33.4 Å². The molecule has 33 heavy (non-hydrogen) atoms. The van der Waals surface area contributed by atoms with E-state index in [1.165, 1.54) is 11.9 Å². The molecule has 8 nitrogen and oxygen atoms in total. The number of hydrogen-bond donors (Lipinski definition) is 3. The lowest BCUT2D eigenvalue weighted by Crippen LogP contribution is -2.38. The van der Waals surface area contributed by atoms with E-state index in [1.54, 1.807) is 19.1 Å². The van der Waals surface area contributed by atoms with Crippen molar-refractivity contribution >= 4 is 11.8 Å². The van der Waals surface area contributed by atoms with Crippen LogP contribution in [0.2, 0.25) is 0 Å². The monoisotopic (exact) mass is 466 g/mol. The SMILES string of the molecule is CC.CC1/C=C\CNn2cc(C(=O)NCc3c(F)cc(F)cc3F)c(=O)c(O)c2C(=O)N1C. The van der Waals surface area contributed by atoms with Gasteiger partial charge in [0.15, 0.2) is 11.4 Å². The van der Waals surface area contributed by atoms with Gasteiger partial charge in [0.1, 0.15) is 23.0 Å². The number of aromatic nitrogens is 1. The Morgan fingerprint density at radius 2 is 1.82 bits per heavy atom. The van der Waals surface area contributed by atoms with Gasteiger partial charge in [-0.1, -0.05) is 26.0 Å². The van der Waals surface area contributed by atoms with E-state index in [-0.39, 0.29) is 18.3 Å². The number of rotatable bonds is 3. The number of fused-ring (bicyclic) bond motifs is 1. The van der Waals surface area contributed by atoms with Crippen molar-refractivity contribution in [3.63, 3.8) is 0 Å². The number of nitrogens with zero attached hydrogens (tertiary/aromatic N) is 2. The van der Waals surface area contributed by atoms with Crippen molar-refractivity contribution in [2.75, 3.05) is 19.0 Å². The van der Waals surface area contributed by atoms with Crippen molar-refractivity contribution in [3.05, 3.63) is 75.0 Å². The zero-order valence-corrected chi connectivity index (χ0v) is 18.6. The van der Waals surface area contributed by atoms with Crippen LogP contribution in [0.3, 0.4) is 0 Å². The third kappa shape index (κ3) is 5.36. The van der Waals surface area contributed by atoms with Gasteiger partial charge in [0.25, 0.3) is 11.8 Å². The molecule has 0 bridgehead atoms. The third-order valence-electron chi connectivity index (χ3n) is 4.89. The molecule has 11 heteroatoms. The number of likely N-dealkylation sites (N-methyl/N-ethyl adjacent to an activating group) is 1. The van der Waals surface area contributed by atoms with E-state index in [4.69, 9.17) is 0 Å². The summed E-state index contributed by atoms with van der Waals surface area (Å²) in [5.74, 6) is -6.19. The lowest BCUT2D eigenvalue weighted by atomic mass is 10.1. The van der Waals surface area contributed by atoms with Crippen LogP contribution in [0.25, 0.3) is 0 Å². The Balaban J connectivity index is 0.00000187. The lowest BCUT2D eigenvalue weighted by molar-refractivity contribution is 0.0755. The van der Waals surface area contributed by atoms with Gasteiger partial charge in [0.05, 0.1) is 0 Å². The zero-order chi connectivity index (χ0) is 24.9. The van der Waals surface area contributed by atoms with Gasteiger partial charge in [-0.3, -0.25) is 19.1 Å². The second-order valence-electron chi connectivity index (χ2n) is 6.92. The Labute approximate surface area is 188 Å². The maximum absolute atomic E-state index is 13.8. The number of pyridine rings is 1. The Hall–Kier alpha value is -3.76. The standard InChI is InChI=1S/C20H19F3N4O4.C2H6/c1-10-4-3-5-25-27-9-13(17(28)18(29)16(27)20(31)26(10)2)19(30)24-8-12-14(22)6-11(21)7-15(12)23;1-2/h3-4,6-7,9-10,25,29H,5,8H2,1-2H3,(H,24,30);1-2H3/b4-3-;. The summed E-state index contributed by atoms with van der Waals surface area (Å²) >= 11 is 0. The van der Waals surface area contributed by atoms with Gasteiger partial charge in [-0.15, -0.1) is 0 Å². The van der Waals surface area contributed by atoms with Crippen molar-refractivity contribution in [3.8, 4) is 5.75 Å². The number of aromatic hydroxyl groups is 1. The molecule has 2 amide bonds. The van der Waals surface area contributed by atoms with Crippen molar-refractivity contribution in [1.82, 2.24) is 14.9 Å². The van der Waals surface area contributed by atoms with E-state index in [1.807, 2.05) is 13.8 Å². The van der Waals surface area contributed by atoms with Gasteiger partial charge in [-0.25, -0.2) is 13.2 Å². The van der Waals surface area contributed by atoms with Gasteiger partial charge in [-0.05, 0) is 6.92 Å². The fourth-order valence-electron chi connectivity index (χ4n) is 2.99. The van der Waals surface area contributed by atoms with Crippen LogP contribution in [-0.4, -0.2) is 46.1 Å². The maximum atomic E-state index is 13.8. The predicted molar refractivity (Wildman–Crippen MR) is 116 cm³/mol. The molecule has 3 N–H and O–H groups in total. The van der Waals surface area contributed by atoms with E-state index in [2.05, 4.69) is 10.7 Å². The average molecular weight is 466 g/mol. The summed E-state index contributed by atoms with van der Waals surface area (Å²) in [5.41, 5.74) is 0.115. The van der Waals surface area contributed by atoms with Crippen LogP contribution in [0.1, 0.15) is 47.2 Å². The summed E-state index contributed by atoms with van der Waals surface area (Å²) in [6.07, 6.45) is 4.48. The quantitative estimate of drug-likeness (QED) is 0.603. The van der Waals surface area contributed by atoms with Crippen LogP contribution in [0.5, 0.6) is 5.75 Å². The van der Waals surface area contributed by atoms with Crippen molar-refractivity contribution in [1.29, 1.82) is 0 Å². The first-order chi connectivity index (χ1) is 15.6. The molecule has 2 heterocycles. The highest BCUT2D eigenvalue weighted by Gasteiger charge is 2.28. The van der Waals surface area contributed by atoms with Crippen LogP contribution in [-0.2, 0) is 6.54 Å². The van der Waals surface area contributed by atoms with E-state index < -0.39 is 58.1 Å². The Morgan fingerprint density at radius 1 is 1.21 bits per heavy atom. The van der Waals surface area contributed by atoms with Gasteiger partial charge in [0.2, 0.25) is 5.43 Å². The Morgan fingerprint density at radius 3 is 2.42 bits per heavy atom. The highest BCUT2D eigenvalue weighted by Crippen LogP contribution is 2.18. The first-order valence-electron chi connectivity index (χ1n) is 10.2. The molecule has 0 fully saturated rings. The van der Waals surface area contributed by atoms with E-state index in [9.17, 15) is 32.7 Å². The first kappa shape index (κ1) is 25.5. The molecule has 1 atom stereocenters. The average Bonchev–Trinajstić information content (AvgIpc) is 2.82. The molecule has 1 aliphatic heterocycles. The number of halogens is 3. The molecule has 0 saturated heterocycles. The number of amides is 2. The van der Waals surface area contributed by atoms with Crippen LogP contribution in [0, 0.1) is 17.5 Å². The minimum Gasteiger partial charge on any atom is -0.502 e. The number of carbonyl (C=O) groups excluding carboxylic acids is 2. The molecule has 0 radical (unpaired) electrons. The number of hydrogen-bond acceptors (Lipinski definition) is 5. The fourth-order valence-corrected chi connectivity index (χ4v) is 2.99. The molecule has 0 saturated carbocycles. The summed E-state index contributed by atoms with van der Waals surface area (Å²) in [4.78, 5) is 39.1. The molecule has 3 rings (SSSR count). The van der Waals surface area contributed by atoms with Gasteiger partial charge < -0.3 is 20.7 Å². The molecule has 1 aromatic heterocycles. The summed E-state index contributed by atoms with van der Waals surface area (Å²) < 4.78 is 41.6. The zero-order valence-electron chi connectivity index (χ0n) is 18.6. The number of benzene rings is 1. The van der Waals surface area contributed by atoms with Crippen LogP contribution >= 0.6 is 0 Å². The normalized spacial score (nSPS) is 16.3.